The second-order valence-corrected chi connectivity index (χ2v) is 9.28. The van der Waals surface area contributed by atoms with E-state index in [1.54, 1.807) is 25.4 Å². The first-order valence-corrected chi connectivity index (χ1v) is 11.2. The van der Waals surface area contributed by atoms with Gasteiger partial charge in [-0.15, -0.1) is 0 Å². The second-order valence-electron chi connectivity index (χ2n) is 7.60. The molecule has 0 saturated carbocycles. The number of thiocarbonyl (C=S) groups is 1. The number of methoxy groups -OCH3 is 1. The highest BCUT2D eigenvalue weighted by molar-refractivity contribution is 8.26. The van der Waals surface area contributed by atoms with Gasteiger partial charge in [-0.05, 0) is 37.0 Å². The normalized spacial score (nSPS) is 21.3. The van der Waals surface area contributed by atoms with E-state index >= 15 is 0 Å². The van der Waals surface area contributed by atoms with Gasteiger partial charge in [-0.2, -0.15) is 0 Å². The fraction of sp³-hybridized carbons (Fsp3) is 0.429. The zero-order chi connectivity index (χ0) is 21.3. The van der Waals surface area contributed by atoms with Crippen molar-refractivity contribution in [3.63, 3.8) is 0 Å². The highest BCUT2D eigenvalue weighted by Crippen LogP contribution is 2.34. The number of ether oxygens (including phenoxy) is 1. The molecule has 9 heteroatoms. The largest absolute Gasteiger partial charge is 0.383 e. The van der Waals surface area contributed by atoms with Crippen molar-refractivity contribution < 1.29 is 9.53 Å². The summed E-state index contributed by atoms with van der Waals surface area (Å²) in [4.78, 5) is 35.2. The average Bonchev–Trinajstić information content (AvgIpc) is 3.01. The van der Waals surface area contributed by atoms with Crippen LogP contribution in [0.15, 0.2) is 34.1 Å². The van der Waals surface area contributed by atoms with E-state index in [-0.39, 0.29) is 11.5 Å². The second kappa shape index (κ2) is 8.87. The quantitative estimate of drug-likeness (QED) is 0.519. The van der Waals surface area contributed by atoms with E-state index in [4.69, 9.17) is 21.9 Å². The van der Waals surface area contributed by atoms with Crippen LogP contribution in [0.4, 0.5) is 5.82 Å². The Kier molecular flexibility index (Phi) is 6.21. The number of hydrogen-bond donors (Lipinski definition) is 0. The van der Waals surface area contributed by atoms with Gasteiger partial charge in [0.25, 0.3) is 11.5 Å². The molecule has 2 aliphatic rings. The smallest absolute Gasteiger partial charge is 0.267 e. The zero-order valence-corrected chi connectivity index (χ0v) is 18.7. The molecule has 4 heterocycles. The molecule has 2 saturated heterocycles. The molecule has 0 spiro atoms. The zero-order valence-electron chi connectivity index (χ0n) is 17.0. The van der Waals surface area contributed by atoms with E-state index in [0.717, 1.165) is 25.9 Å². The summed E-state index contributed by atoms with van der Waals surface area (Å²) in [6.45, 7) is 4.68. The first-order valence-electron chi connectivity index (χ1n) is 10.00. The van der Waals surface area contributed by atoms with E-state index in [1.165, 1.54) is 21.1 Å². The van der Waals surface area contributed by atoms with Gasteiger partial charge in [0.2, 0.25) is 0 Å². The van der Waals surface area contributed by atoms with Crippen LogP contribution in [0.5, 0.6) is 0 Å². The SMILES string of the molecule is COCCN1C(=O)C(=Cc2c(N3CCCC(C)C3)nc3ccccn3c2=O)SC1=S. The van der Waals surface area contributed by atoms with Gasteiger partial charge in [0.15, 0.2) is 0 Å². The number of hydrogen-bond acceptors (Lipinski definition) is 7. The Morgan fingerprint density at radius 2 is 2.20 bits per heavy atom. The molecule has 1 unspecified atom stereocenters. The Morgan fingerprint density at radius 1 is 1.37 bits per heavy atom. The van der Waals surface area contributed by atoms with Crippen molar-refractivity contribution >= 4 is 51.7 Å². The van der Waals surface area contributed by atoms with Gasteiger partial charge in [-0.3, -0.25) is 18.9 Å². The molecule has 7 nitrogen and oxygen atoms in total. The summed E-state index contributed by atoms with van der Waals surface area (Å²) in [6, 6.07) is 5.49. The maximum atomic E-state index is 13.4. The lowest BCUT2D eigenvalue weighted by molar-refractivity contribution is -0.122. The van der Waals surface area contributed by atoms with Crippen LogP contribution in [0.2, 0.25) is 0 Å². The molecule has 0 N–H and O–H groups in total. The molecule has 2 aromatic heterocycles. The van der Waals surface area contributed by atoms with Crippen LogP contribution in [0, 0.1) is 5.92 Å². The number of anilines is 1. The average molecular weight is 445 g/mol. The Morgan fingerprint density at radius 3 is 2.97 bits per heavy atom. The van der Waals surface area contributed by atoms with E-state index in [9.17, 15) is 9.59 Å². The van der Waals surface area contributed by atoms with Crippen LogP contribution in [0.3, 0.4) is 0 Å². The third-order valence-corrected chi connectivity index (χ3v) is 6.75. The molecular formula is C21H24N4O3S2. The molecule has 158 valence electrons. The van der Waals surface area contributed by atoms with Crippen LogP contribution in [-0.2, 0) is 9.53 Å². The topological polar surface area (TPSA) is 67.2 Å². The number of pyridine rings is 1. The summed E-state index contributed by atoms with van der Waals surface area (Å²) in [7, 11) is 1.58. The van der Waals surface area contributed by atoms with Gasteiger partial charge in [-0.1, -0.05) is 37.0 Å². The molecular weight excluding hydrogens is 420 g/mol. The van der Waals surface area contributed by atoms with Crippen molar-refractivity contribution in [3.05, 3.63) is 45.2 Å². The van der Waals surface area contributed by atoms with E-state index in [2.05, 4.69) is 11.8 Å². The number of amides is 1. The summed E-state index contributed by atoms with van der Waals surface area (Å²) in [5.74, 6) is 0.965. The number of carbonyl (C=O) groups is 1. The van der Waals surface area contributed by atoms with Crippen LogP contribution >= 0.6 is 24.0 Å². The highest BCUT2D eigenvalue weighted by Gasteiger charge is 2.33. The molecule has 1 amide bonds. The summed E-state index contributed by atoms with van der Waals surface area (Å²) < 4.78 is 7.08. The number of carbonyl (C=O) groups excluding carboxylic acids is 1. The van der Waals surface area contributed by atoms with Gasteiger partial charge >= 0.3 is 0 Å². The predicted octanol–water partition coefficient (Wildman–Crippen LogP) is 2.78. The number of rotatable bonds is 5. The Bertz CT molecular complexity index is 1080. The molecule has 2 fully saturated rings. The number of fused-ring (bicyclic) bond motifs is 1. The molecule has 0 radical (unpaired) electrons. The third kappa shape index (κ3) is 4.01. The van der Waals surface area contributed by atoms with Crippen molar-refractivity contribution in [3.8, 4) is 0 Å². The van der Waals surface area contributed by atoms with Crippen molar-refractivity contribution in [2.75, 3.05) is 38.3 Å². The van der Waals surface area contributed by atoms with Crippen molar-refractivity contribution in [2.45, 2.75) is 19.8 Å². The first kappa shape index (κ1) is 21.0. The van der Waals surface area contributed by atoms with E-state index in [0.29, 0.717) is 45.3 Å². The van der Waals surface area contributed by atoms with Gasteiger partial charge in [0.1, 0.15) is 15.8 Å². The molecule has 30 heavy (non-hydrogen) atoms. The Balaban J connectivity index is 1.81. The van der Waals surface area contributed by atoms with Crippen molar-refractivity contribution in [1.82, 2.24) is 14.3 Å². The van der Waals surface area contributed by atoms with Crippen molar-refractivity contribution in [1.29, 1.82) is 0 Å². The number of aromatic nitrogens is 2. The number of thioether (sulfide) groups is 1. The van der Waals surface area contributed by atoms with Gasteiger partial charge in [0.05, 0.1) is 23.6 Å². The summed E-state index contributed by atoms with van der Waals surface area (Å²) in [5, 5.41) is 0. The minimum atomic E-state index is -0.197. The molecule has 0 aromatic carbocycles. The molecule has 0 bridgehead atoms. The fourth-order valence-corrected chi connectivity index (χ4v) is 5.14. The maximum Gasteiger partial charge on any atom is 0.267 e. The standard InChI is InChI=1S/C21H24N4O3S2/c1-14-6-5-8-23(13-14)18-15(19(26)24-9-4-3-7-17(24)22-18)12-16-20(27)25(10-11-28-2)21(29)30-16/h3-4,7,9,12,14H,5-6,8,10-11,13H2,1-2H3. The summed E-state index contributed by atoms with van der Waals surface area (Å²) in [6.07, 6.45) is 5.58. The molecule has 2 aliphatic heterocycles. The molecule has 2 aromatic rings. The lowest BCUT2D eigenvalue weighted by atomic mass is 10.00. The van der Waals surface area contributed by atoms with E-state index < -0.39 is 0 Å². The Labute approximate surface area is 184 Å². The van der Waals surface area contributed by atoms with Crippen LogP contribution in [0.25, 0.3) is 11.7 Å². The fourth-order valence-electron chi connectivity index (χ4n) is 3.85. The number of nitrogens with zero attached hydrogens (tertiary/aromatic N) is 4. The van der Waals surface area contributed by atoms with Crippen LogP contribution in [0.1, 0.15) is 25.3 Å². The van der Waals surface area contributed by atoms with Gasteiger partial charge in [-0.25, -0.2) is 4.98 Å². The lowest BCUT2D eigenvalue weighted by Gasteiger charge is -2.32. The summed E-state index contributed by atoms with van der Waals surface area (Å²) in [5.41, 5.74) is 0.844. The first-order chi connectivity index (χ1) is 14.5. The predicted molar refractivity (Wildman–Crippen MR) is 124 cm³/mol. The molecule has 0 aliphatic carbocycles. The highest BCUT2D eigenvalue weighted by atomic mass is 32.2. The third-order valence-electron chi connectivity index (χ3n) is 5.37. The maximum absolute atomic E-state index is 13.4. The van der Waals surface area contributed by atoms with Gasteiger partial charge in [0, 0.05) is 26.4 Å². The minimum absolute atomic E-state index is 0.184. The minimum Gasteiger partial charge on any atom is -0.383 e. The van der Waals surface area contributed by atoms with Gasteiger partial charge < -0.3 is 9.64 Å². The van der Waals surface area contributed by atoms with Crippen molar-refractivity contribution in [2.24, 2.45) is 5.92 Å². The molecule has 1 atom stereocenters. The summed E-state index contributed by atoms with van der Waals surface area (Å²) >= 11 is 6.59. The Hall–Kier alpha value is -2.23. The lowest BCUT2D eigenvalue weighted by Crippen LogP contribution is -2.37. The monoisotopic (exact) mass is 444 g/mol. The van der Waals surface area contributed by atoms with Crippen LogP contribution in [-0.4, -0.2) is 57.9 Å². The molecule has 4 rings (SSSR count). The van der Waals surface area contributed by atoms with Crippen LogP contribution < -0.4 is 10.5 Å². The van der Waals surface area contributed by atoms with E-state index in [1.807, 2.05) is 12.1 Å². The number of piperidine rings is 1.